The van der Waals surface area contributed by atoms with Gasteiger partial charge in [0.05, 0.1) is 13.2 Å². The zero-order valence-electron chi connectivity index (χ0n) is 13.3. The third-order valence-electron chi connectivity index (χ3n) is 4.00. The molecule has 0 unspecified atom stereocenters. The maximum absolute atomic E-state index is 5.29. The summed E-state index contributed by atoms with van der Waals surface area (Å²) in [6.45, 7) is 5.05. The molecular formula is C16H18N6O2. The molecule has 8 heteroatoms. The standard InChI is InChI=1S/C16H18N6O2/c1-16(9-23-10-16)8-18-13-12(17-7-11-5-3-2-4-6-11)19-14-15(20-13)22-24-21-14/h2-6H,7-10H2,1H3,(H,17,19,21)(H,18,20,22). The molecule has 0 aliphatic carbocycles. The van der Waals surface area contributed by atoms with Gasteiger partial charge in [-0.1, -0.05) is 37.3 Å². The van der Waals surface area contributed by atoms with Crippen molar-refractivity contribution in [1.29, 1.82) is 0 Å². The topological polar surface area (TPSA) is 98.0 Å². The Kier molecular flexibility index (Phi) is 3.73. The van der Waals surface area contributed by atoms with Gasteiger partial charge in [0.1, 0.15) is 0 Å². The second-order valence-electron chi connectivity index (χ2n) is 6.33. The predicted molar refractivity (Wildman–Crippen MR) is 88.6 cm³/mol. The van der Waals surface area contributed by atoms with Crippen LogP contribution in [0, 0.1) is 5.41 Å². The highest BCUT2D eigenvalue weighted by atomic mass is 16.6. The van der Waals surface area contributed by atoms with E-state index < -0.39 is 0 Å². The third-order valence-corrected chi connectivity index (χ3v) is 4.00. The quantitative estimate of drug-likeness (QED) is 0.710. The number of ether oxygens (including phenoxy) is 1. The number of rotatable bonds is 6. The Bertz CT molecular complexity index is 831. The van der Waals surface area contributed by atoms with Crippen molar-refractivity contribution in [2.24, 2.45) is 5.41 Å². The number of hydrogen-bond acceptors (Lipinski definition) is 8. The van der Waals surface area contributed by atoms with Crippen molar-refractivity contribution in [1.82, 2.24) is 20.3 Å². The highest BCUT2D eigenvalue weighted by molar-refractivity contribution is 5.73. The van der Waals surface area contributed by atoms with Gasteiger partial charge in [0.2, 0.25) is 11.3 Å². The third kappa shape index (κ3) is 3.00. The van der Waals surface area contributed by atoms with Gasteiger partial charge in [-0.2, -0.15) is 0 Å². The molecule has 1 saturated heterocycles. The fourth-order valence-electron chi connectivity index (χ4n) is 2.52. The van der Waals surface area contributed by atoms with Crippen LogP contribution in [0.15, 0.2) is 35.0 Å². The lowest BCUT2D eigenvalue weighted by Crippen LogP contribution is -2.45. The van der Waals surface area contributed by atoms with Crippen molar-refractivity contribution in [2.75, 3.05) is 30.4 Å². The van der Waals surface area contributed by atoms with Gasteiger partial charge in [0.25, 0.3) is 0 Å². The molecular weight excluding hydrogens is 308 g/mol. The first-order valence-corrected chi connectivity index (χ1v) is 7.82. The van der Waals surface area contributed by atoms with Crippen molar-refractivity contribution in [2.45, 2.75) is 13.5 Å². The smallest absolute Gasteiger partial charge is 0.245 e. The van der Waals surface area contributed by atoms with E-state index in [-0.39, 0.29) is 5.41 Å². The summed E-state index contributed by atoms with van der Waals surface area (Å²) in [4.78, 5) is 8.92. The zero-order chi connectivity index (χ0) is 16.4. The SMILES string of the molecule is CC1(CNc2nc3nonc3nc2NCc2ccccc2)COC1. The van der Waals surface area contributed by atoms with E-state index in [1.807, 2.05) is 18.2 Å². The van der Waals surface area contributed by atoms with Crippen LogP contribution >= 0.6 is 0 Å². The molecule has 0 saturated carbocycles. The van der Waals surface area contributed by atoms with Crippen LogP contribution in [0.25, 0.3) is 11.3 Å². The Morgan fingerprint density at radius 1 is 1.00 bits per heavy atom. The van der Waals surface area contributed by atoms with Crippen LogP contribution in [-0.4, -0.2) is 40.0 Å². The summed E-state index contributed by atoms with van der Waals surface area (Å²) in [7, 11) is 0. The van der Waals surface area contributed by atoms with Crippen molar-refractivity contribution in [3.05, 3.63) is 35.9 Å². The minimum Gasteiger partial charge on any atom is -0.380 e. The minimum atomic E-state index is 0.120. The molecule has 1 aliphatic heterocycles. The van der Waals surface area contributed by atoms with E-state index >= 15 is 0 Å². The Morgan fingerprint density at radius 3 is 2.29 bits per heavy atom. The summed E-state index contributed by atoms with van der Waals surface area (Å²) < 4.78 is 10.0. The highest BCUT2D eigenvalue weighted by Gasteiger charge is 2.33. The normalized spacial score (nSPS) is 15.9. The summed E-state index contributed by atoms with van der Waals surface area (Å²) in [5.74, 6) is 1.27. The highest BCUT2D eigenvalue weighted by Crippen LogP contribution is 2.28. The average molecular weight is 326 g/mol. The molecule has 8 nitrogen and oxygen atoms in total. The van der Waals surface area contributed by atoms with Crippen LogP contribution in [-0.2, 0) is 11.3 Å². The van der Waals surface area contributed by atoms with E-state index in [4.69, 9.17) is 9.37 Å². The maximum atomic E-state index is 5.29. The van der Waals surface area contributed by atoms with Crippen LogP contribution in [0.1, 0.15) is 12.5 Å². The van der Waals surface area contributed by atoms with Crippen LogP contribution in [0.3, 0.4) is 0 Å². The Balaban J connectivity index is 1.55. The Labute approximate surface area is 138 Å². The molecule has 1 aromatic carbocycles. The van der Waals surface area contributed by atoms with E-state index in [1.54, 1.807) is 0 Å². The lowest BCUT2D eigenvalue weighted by atomic mass is 9.89. The van der Waals surface area contributed by atoms with Crippen molar-refractivity contribution in [3.63, 3.8) is 0 Å². The second kappa shape index (κ2) is 6.04. The molecule has 2 aromatic heterocycles. The molecule has 4 rings (SSSR count). The predicted octanol–water partition coefficient (Wildman–Crippen LogP) is 2.07. The Hall–Kier alpha value is -2.74. The zero-order valence-corrected chi connectivity index (χ0v) is 13.3. The van der Waals surface area contributed by atoms with Crippen LogP contribution in [0.5, 0.6) is 0 Å². The molecule has 24 heavy (non-hydrogen) atoms. The van der Waals surface area contributed by atoms with E-state index in [1.165, 1.54) is 0 Å². The van der Waals surface area contributed by atoms with Crippen LogP contribution in [0.2, 0.25) is 0 Å². The number of nitrogens with zero attached hydrogens (tertiary/aromatic N) is 4. The molecule has 0 spiro atoms. The van der Waals surface area contributed by atoms with E-state index in [0.29, 0.717) is 29.5 Å². The van der Waals surface area contributed by atoms with Gasteiger partial charge in [-0.3, -0.25) is 0 Å². The number of nitrogens with one attached hydrogen (secondary N) is 2. The molecule has 0 amide bonds. The first kappa shape index (κ1) is 14.8. The van der Waals surface area contributed by atoms with E-state index in [2.05, 4.69) is 50.0 Å². The molecule has 1 fully saturated rings. The summed E-state index contributed by atoms with van der Waals surface area (Å²) in [5, 5.41) is 14.2. The van der Waals surface area contributed by atoms with Crippen molar-refractivity contribution in [3.8, 4) is 0 Å². The van der Waals surface area contributed by atoms with Gasteiger partial charge in [-0.25, -0.2) is 14.6 Å². The lowest BCUT2D eigenvalue weighted by Gasteiger charge is -2.38. The summed E-state index contributed by atoms with van der Waals surface area (Å²) in [5.41, 5.74) is 2.05. The molecule has 0 bridgehead atoms. The van der Waals surface area contributed by atoms with Gasteiger partial charge >= 0.3 is 0 Å². The van der Waals surface area contributed by atoms with Gasteiger partial charge in [0.15, 0.2) is 11.6 Å². The molecule has 3 aromatic rings. The van der Waals surface area contributed by atoms with Crippen LogP contribution < -0.4 is 10.6 Å². The number of anilines is 2. The molecule has 3 heterocycles. The van der Waals surface area contributed by atoms with Gasteiger partial charge in [-0.15, -0.1) is 0 Å². The number of hydrogen-bond donors (Lipinski definition) is 2. The first-order chi connectivity index (χ1) is 11.7. The summed E-state index contributed by atoms with van der Waals surface area (Å²) in [6, 6.07) is 10.1. The van der Waals surface area contributed by atoms with Gasteiger partial charge in [-0.05, 0) is 15.9 Å². The van der Waals surface area contributed by atoms with Gasteiger partial charge in [0, 0.05) is 18.5 Å². The second-order valence-corrected chi connectivity index (χ2v) is 6.33. The number of fused-ring (bicyclic) bond motifs is 1. The monoisotopic (exact) mass is 326 g/mol. The molecule has 1 aliphatic rings. The number of benzene rings is 1. The van der Waals surface area contributed by atoms with E-state index in [9.17, 15) is 0 Å². The average Bonchev–Trinajstić information content (AvgIpc) is 3.04. The molecule has 2 N–H and O–H groups in total. The molecule has 0 atom stereocenters. The van der Waals surface area contributed by atoms with Crippen molar-refractivity contribution < 1.29 is 9.37 Å². The summed E-state index contributed by atoms with van der Waals surface area (Å²) >= 11 is 0. The fourth-order valence-corrected chi connectivity index (χ4v) is 2.52. The first-order valence-electron chi connectivity index (χ1n) is 7.82. The summed E-state index contributed by atoms with van der Waals surface area (Å²) in [6.07, 6.45) is 0. The minimum absolute atomic E-state index is 0.120. The lowest BCUT2D eigenvalue weighted by molar-refractivity contribution is -0.0924. The molecule has 124 valence electrons. The van der Waals surface area contributed by atoms with Crippen molar-refractivity contribution >= 4 is 22.9 Å². The number of aromatic nitrogens is 4. The molecule has 0 radical (unpaired) electrons. The van der Waals surface area contributed by atoms with E-state index in [0.717, 1.165) is 25.3 Å². The maximum Gasteiger partial charge on any atom is 0.245 e. The Morgan fingerprint density at radius 2 is 1.67 bits per heavy atom. The van der Waals surface area contributed by atoms with Crippen LogP contribution in [0.4, 0.5) is 11.6 Å². The largest absolute Gasteiger partial charge is 0.380 e. The fraction of sp³-hybridized carbons (Fsp3) is 0.375. The van der Waals surface area contributed by atoms with Gasteiger partial charge < -0.3 is 15.4 Å².